The molecule has 1 aromatic rings. The first-order chi connectivity index (χ1) is 7.27. The van der Waals surface area contributed by atoms with Crippen molar-refractivity contribution in [2.75, 3.05) is 24.7 Å². The van der Waals surface area contributed by atoms with Crippen LogP contribution in [0.4, 0.5) is 5.82 Å². The number of hydrogen-bond acceptors (Lipinski definition) is 4. The Balaban J connectivity index is 2.16. The monoisotopic (exact) mass is 271 g/mol. The number of ether oxygens (including phenoxy) is 1. The molecule has 1 aromatic heterocycles. The second-order valence-corrected chi connectivity index (χ2v) is 4.48. The number of aromatic nitrogens is 2. The van der Waals surface area contributed by atoms with Gasteiger partial charge in [0.15, 0.2) is 0 Å². The molecular weight excluding hydrogens is 258 g/mol. The molecule has 0 aliphatic carbocycles. The maximum Gasteiger partial charge on any atom is 0.147 e. The molecule has 4 nitrogen and oxygen atoms in total. The van der Waals surface area contributed by atoms with Gasteiger partial charge in [0, 0.05) is 13.2 Å². The highest BCUT2D eigenvalue weighted by molar-refractivity contribution is 9.10. The van der Waals surface area contributed by atoms with Crippen LogP contribution in [0.2, 0.25) is 0 Å². The minimum atomic E-state index is 0.364. The average Bonchev–Trinajstić information content (AvgIpc) is 2.44. The molecule has 1 aliphatic heterocycles. The first kappa shape index (κ1) is 10.8. The Hall–Kier alpha value is -0.680. The summed E-state index contributed by atoms with van der Waals surface area (Å²) in [5.41, 5.74) is 0. The van der Waals surface area contributed by atoms with Crippen LogP contribution in [-0.4, -0.2) is 35.8 Å². The Bertz CT molecular complexity index is 317. The average molecular weight is 272 g/mol. The molecule has 1 aliphatic rings. The molecule has 2 heterocycles. The van der Waals surface area contributed by atoms with Gasteiger partial charge in [-0.15, -0.1) is 0 Å². The van der Waals surface area contributed by atoms with E-state index in [1.54, 1.807) is 12.4 Å². The lowest BCUT2D eigenvalue weighted by atomic mass is 10.3. The van der Waals surface area contributed by atoms with Crippen LogP contribution in [0.15, 0.2) is 17.0 Å². The van der Waals surface area contributed by atoms with E-state index >= 15 is 0 Å². The fraction of sp³-hybridized carbons (Fsp3) is 0.600. The van der Waals surface area contributed by atoms with Crippen LogP contribution < -0.4 is 4.90 Å². The summed E-state index contributed by atoms with van der Waals surface area (Å²) < 4.78 is 6.25. The van der Waals surface area contributed by atoms with E-state index in [0.717, 1.165) is 36.6 Å². The zero-order valence-corrected chi connectivity index (χ0v) is 10.3. The Labute approximate surface area is 97.8 Å². The minimum absolute atomic E-state index is 0.364. The largest absolute Gasteiger partial charge is 0.379 e. The Morgan fingerprint density at radius 1 is 1.47 bits per heavy atom. The quantitative estimate of drug-likeness (QED) is 0.782. The van der Waals surface area contributed by atoms with Gasteiger partial charge in [0.1, 0.15) is 10.4 Å². The standard InChI is InChI=1S/C10H14BrN3O/c1-8-7-15-4-2-3-14(8)10-6-12-9(11)5-13-10/h5-6,8H,2-4,7H2,1H3. The van der Waals surface area contributed by atoms with Crippen molar-refractivity contribution in [3.8, 4) is 0 Å². The molecule has 5 heteroatoms. The third kappa shape index (κ3) is 2.66. The fourth-order valence-corrected chi connectivity index (χ4v) is 1.90. The van der Waals surface area contributed by atoms with Gasteiger partial charge >= 0.3 is 0 Å². The highest BCUT2D eigenvalue weighted by Crippen LogP contribution is 2.17. The lowest BCUT2D eigenvalue weighted by Crippen LogP contribution is -2.35. The van der Waals surface area contributed by atoms with Gasteiger partial charge in [-0.3, -0.25) is 0 Å². The van der Waals surface area contributed by atoms with Gasteiger partial charge in [-0.2, -0.15) is 0 Å². The third-order valence-corrected chi connectivity index (χ3v) is 2.89. The molecule has 2 rings (SSSR count). The number of rotatable bonds is 1. The highest BCUT2D eigenvalue weighted by atomic mass is 79.9. The van der Waals surface area contributed by atoms with Gasteiger partial charge in [-0.25, -0.2) is 9.97 Å². The first-order valence-electron chi connectivity index (χ1n) is 5.09. The molecule has 0 amide bonds. The Kier molecular flexibility index (Phi) is 3.53. The van der Waals surface area contributed by atoms with Gasteiger partial charge in [0.05, 0.1) is 25.0 Å². The molecular formula is C10H14BrN3O. The van der Waals surface area contributed by atoms with Crippen molar-refractivity contribution in [3.63, 3.8) is 0 Å². The molecule has 0 radical (unpaired) electrons. The van der Waals surface area contributed by atoms with E-state index in [9.17, 15) is 0 Å². The van der Waals surface area contributed by atoms with Crippen molar-refractivity contribution in [3.05, 3.63) is 17.0 Å². The number of hydrogen-bond donors (Lipinski definition) is 0. The molecule has 0 saturated carbocycles. The van der Waals surface area contributed by atoms with Gasteiger partial charge in [0.2, 0.25) is 0 Å². The third-order valence-electron chi connectivity index (χ3n) is 2.48. The molecule has 0 aromatic carbocycles. The van der Waals surface area contributed by atoms with Crippen LogP contribution in [0, 0.1) is 0 Å². The van der Waals surface area contributed by atoms with Crippen molar-refractivity contribution in [1.29, 1.82) is 0 Å². The fourth-order valence-electron chi connectivity index (χ4n) is 1.70. The van der Waals surface area contributed by atoms with Crippen LogP contribution in [0.3, 0.4) is 0 Å². The predicted octanol–water partition coefficient (Wildman–Crippen LogP) is 1.85. The summed E-state index contributed by atoms with van der Waals surface area (Å²) in [6.07, 6.45) is 4.57. The van der Waals surface area contributed by atoms with Crippen molar-refractivity contribution in [2.24, 2.45) is 0 Å². The van der Waals surface area contributed by atoms with E-state index in [1.165, 1.54) is 0 Å². The maximum atomic E-state index is 5.48. The van der Waals surface area contributed by atoms with Crippen LogP contribution in [0.5, 0.6) is 0 Å². The van der Waals surface area contributed by atoms with Gasteiger partial charge < -0.3 is 9.64 Å². The van der Waals surface area contributed by atoms with Gasteiger partial charge in [-0.05, 0) is 29.3 Å². The zero-order valence-electron chi connectivity index (χ0n) is 8.69. The zero-order chi connectivity index (χ0) is 10.7. The Morgan fingerprint density at radius 3 is 3.07 bits per heavy atom. The van der Waals surface area contributed by atoms with E-state index in [0.29, 0.717) is 6.04 Å². The number of anilines is 1. The van der Waals surface area contributed by atoms with Crippen molar-refractivity contribution in [1.82, 2.24) is 9.97 Å². The van der Waals surface area contributed by atoms with Crippen LogP contribution in [0.25, 0.3) is 0 Å². The normalized spacial score (nSPS) is 22.5. The second kappa shape index (κ2) is 4.90. The van der Waals surface area contributed by atoms with Crippen LogP contribution in [0.1, 0.15) is 13.3 Å². The van der Waals surface area contributed by atoms with Crippen molar-refractivity contribution in [2.45, 2.75) is 19.4 Å². The topological polar surface area (TPSA) is 38.2 Å². The summed E-state index contributed by atoms with van der Waals surface area (Å²) in [6.45, 7) is 4.73. The highest BCUT2D eigenvalue weighted by Gasteiger charge is 2.18. The molecule has 1 unspecified atom stereocenters. The molecule has 0 spiro atoms. The van der Waals surface area contributed by atoms with Gasteiger partial charge in [0.25, 0.3) is 0 Å². The molecule has 0 N–H and O–H groups in total. The lowest BCUT2D eigenvalue weighted by Gasteiger charge is -2.26. The predicted molar refractivity (Wildman–Crippen MR) is 62.0 cm³/mol. The van der Waals surface area contributed by atoms with E-state index < -0.39 is 0 Å². The summed E-state index contributed by atoms with van der Waals surface area (Å²) in [5, 5.41) is 0. The first-order valence-corrected chi connectivity index (χ1v) is 5.88. The van der Waals surface area contributed by atoms with E-state index in [2.05, 4.69) is 37.7 Å². The molecule has 15 heavy (non-hydrogen) atoms. The lowest BCUT2D eigenvalue weighted by molar-refractivity contribution is 0.137. The number of nitrogens with zero attached hydrogens (tertiary/aromatic N) is 3. The summed E-state index contributed by atoms with van der Waals surface area (Å²) in [4.78, 5) is 10.8. The minimum Gasteiger partial charge on any atom is -0.379 e. The van der Waals surface area contributed by atoms with E-state index in [-0.39, 0.29) is 0 Å². The second-order valence-electron chi connectivity index (χ2n) is 3.67. The molecule has 0 bridgehead atoms. The molecule has 1 atom stereocenters. The molecule has 1 fully saturated rings. The molecule has 1 saturated heterocycles. The van der Waals surface area contributed by atoms with E-state index in [1.807, 2.05) is 0 Å². The molecule has 82 valence electrons. The van der Waals surface area contributed by atoms with Crippen molar-refractivity contribution < 1.29 is 4.74 Å². The van der Waals surface area contributed by atoms with Gasteiger partial charge in [-0.1, -0.05) is 0 Å². The van der Waals surface area contributed by atoms with Crippen LogP contribution in [-0.2, 0) is 4.74 Å². The van der Waals surface area contributed by atoms with Crippen molar-refractivity contribution >= 4 is 21.7 Å². The summed E-state index contributed by atoms with van der Waals surface area (Å²) in [7, 11) is 0. The summed E-state index contributed by atoms with van der Waals surface area (Å²) in [6, 6.07) is 0.364. The summed E-state index contributed by atoms with van der Waals surface area (Å²) >= 11 is 3.28. The Morgan fingerprint density at radius 2 is 2.33 bits per heavy atom. The smallest absolute Gasteiger partial charge is 0.147 e. The number of halogens is 1. The maximum absolute atomic E-state index is 5.48. The van der Waals surface area contributed by atoms with E-state index in [4.69, 9.17) is 4.74 Å². The van der Waals surface area contributed by atoms with Crippen LogP contribution >= 0.6 is 15.9 Å². The SMILES string of the molecule is CC1COCCCN1c1cnc(Br)cn1. The summed E-state index contributed by atoms with van der Waals surface area (Å²) in [5.74, 6) is 0.927.